The Hall–Kier alpha value is -0.940. The lowest BCUT2D eigenvalue weighted by Crippen LogP contribution is -2.23. The Morgan fingerprint density at radius 3 is 2.93 bits per heavy atom. The fourth-order valence-electron chi connectivity index (χ4n) is 1.06. The molecule has 5 heteroatoms. The summed E-state index contributed by atoms with van der Waals surface area (Å²) in [7, 11) is 1.89. The van der Waals surface area contributed by atoms with E-state index in [1.165, 1.54) is 0 Å². The van der Waals surface area contributed by atoms with Crippen molar-refractivity contribution in [1.29, 1.82) is 0 Å². The van der Waals surface area contributed by atoms with Gasteiger partial charge >= 0.3 is 0 Å². The summed E-state index contributed by atoms with van der Waals surface area (Å²) in [5.41, 5.74) is 0. The molecule has 0 radical (unpaired) electrons. The van der Waals surface area contributed by atoms with Crippen LogP contribution in [0.1, 0.15) is 25.6 Å². The molecule has 0 saturated heterocycles. The first kappa shape index (κ1) is 11.1. The number of ether oxygens (including phenoxy) is 1. The predicted octanol–water partition coefficient (Wildman–Crippen LogP) is 0.756. The van der Waals surface area contributed by atoms with Crippen molar-refractivity contribution < 1.29 is 9.26 Å². The van der Waals surface area contributed by atoms with E-state index in [2.05, 4.69) is 15.5 Å². The maximum Gasteiger partial charge on any atom is 0.226 e. The first-order valence-electron chi connectivity index (χ1n) is 4.84. The molecule has 1 aromatic rings. The minimum absolute atomic E-state index is 0.156. The molecule has 1 unspecified atom stereocenters. The zero-order valence-electron chi connectivity index (χ0n) is 8.91. The SMILES string of the molecule is CCc1nc(COC(C)CNC)no1. The van der Waals surface area contributed by atoms with E-state index in [1.807, 2.05) is 20.9 Å². The molecule has 80 valence electrons. The van der Waals surface area contributed by atoms with Gasteiger partial charge in [0, 0.05) is 13.0 Å². The highest BCUT2D eigenvalue weighted by molar-refractivity contribution is 4.83. The van der Waals surface area contributed by atoms with Gasteiger partial charge in [0.15, 0.2) is 5.82 Å². The van der Waals surface area contributed by atoms with Gasteiger partial charge in [-0.3, -0.25) is 0 Å². The molecule has 14 heavy (non-hydrogen) atoms. The average molecular weight is 199 g/mol. The van der Waals surface area contributed by atoms with E-state index in [0.29, 0.717) is 18.3 Å². The van der Waals surface area contributed by atoms with Crippen molar-refractivity contribution in [1.82, 2.24) is 15.5 Å². The second-order valence-electron chi connectivity index (χ2n) is 3.14. The molecule has 0 aromatic carbocycles. The first-order chi connectivity index (χ1) is 6.76. The molecular weight excluding hydrogens is 182 g/mol. The number of aryl methyl sites for hydroxylation is 1. The summed E-state index contributed by atoms with van der Waals surface area (Å²) in [4.78, 5) is 4.14. The summed E-state index contributed by atoms with van der Waals surface area (Å²) >= 11 is 0. The summed E-state index contributed by atoms with van der Waals surface area (Å²) in [5, 5.41) is 6.82. The highest BCUT2D eigenvalue weighted by Crippen LogP contribution is 2.01. The number of rotatable bonds is 6. The normalized spacial score (nSPS) is 13.1. The van der Waals surface area contributed by atoms with E-state index >= 15 is 0 Å². The summed E-state index contributed by atoms with van der Waals surface area (Å²) in [5.74, 6) is 1.27. The van der Waals surface area contributed by atoms with Gasteiger partial charge in [0.1, 0.15) is 6.61 Å². The number of likely N-dealkylation sites (N-methyl/N-ethyl adjacent to an activating group) is 1. The number of hydrogen-bond donors (Lipinski definition) is 1. The van der Waals surface area contributed by atoms with Gasteiger partial charge in [-0.2, -0.15) is 4.98 Å². The van der Waals surface area contributed by atoms with Gasteiger partial charge in [0.2, 0.25) is 5.89 Å². The van der Waals surface area contributed by atoms with E-state index in [4.69, 9.17) is 9.26 Å². The Kier molecular flexibility index (Phi) is 4.55. The van der Waals surface area contributed by atoms with Crippen molar-refractivity contribution in [2.24, 2.45) is 0 Å². The summed E-state index contributed by atoms with van der Waals surface area (Å²) in [6.45, 7) is 5.20. The number of nitrogens with zero attached hydrogens (tertiary/aromatic N) is 2. The Morgan fingerprint density at radius 1 is 1.57 bits per heavy atom. The summed E-state index contributed by atoms with van der Waals surface area (Å²) < 4.78 is 10.4. The van der Waals surface area contributed by atoms with Crippen molar-refractivity contribution >= 4 is 0 Å². The molecule has 1 heterocycles. The largest absolute Gasteiger partial charge is 0.369 e. The van der Waals surface area contributed by atoms with Gasteiger partial charge in [-0.25, -0.2) is 0 Å². The standard InChI is InChI=1S/C9H17N3O2/c1-4-9-11-8(12-14-9)6-13-7(2)5-10-3/h7,10H,4-6H2,1-3H3. The van der Waals surface area contributed by atoms with Crippen LogP contribution in [-0.2, 0) is 17.8 Å². The van der Waals surface area contributed by atoms with Crippen LogP contribution in [-0.4, -0.2) is 29.8 Å². The monoisotopic (exact) mass is 199 g/mol. The molecule has 0 fully saturated rings. The minimum Gasteiger partial charge on any atom is -0.369 e. The van der Waals surface area contributed by atoms with Gasteiger partial charge in [-0.15, -0.1) is 0 Å². The van der Waals surface area contributed by atoms with Gasteiger partial charge in [-0.05, 0) is 14.0 Å². The van der Waals surface area contributed by atoms with Crippen molar-refractivity contribution in [3.63, 3.8) is 0 Å². The molecular formula is C9H17N3O2. The third kappa shape index (κ3) is 3.43. The Labute approximate surface area is 83.8 Å². The molecule has 1 aromatic heterocycles. The maximum absolute atomic E-state index is 5.48. The lowest BCUT2D eigenvalue weighted by atomic mass is 10.4. The van der Waals surface area contributed by atoms with Crippen LogP contribution in [0.15, 0.2) is 4.52 Å². The van der Waals surface area contributed by atoms with Crippen LogP contribution in [0.4, 0.5) is 0 Å². The second kappa shape index (κ2) is 5.72. The lowest BCUT2D eigenvalue weighted by Gasteiger charge is -2.09. The highest BCUT2D eigenvalue weighted by Gasteiger charge is 2.06. The molecule has 1 N–H and O–H groups in total. The molecule has 1 atom stereocenters. The Morgan fingerprint density at radius 2 is 2.36 bits per heavy atom. The molecule has 1 rings (SSSR count). The van der Waals surface area contributed by atoms with Crippen LogP contribution in [0.5, 0.6) is 0 Å². The smallest absolute Gasteiger partial charge is 0.226 e. The molecule has 0 saturated carbocycles. The highest BCUT2D eigenvalue weighted by atomic mass is 16.5. The van der Waals surface area contributed by atoms with E-state index in [0.717, 1.165) is 13.0 Å². The molecule has 0 bridgehead atoms. The van der Waals surface area contributed by atoms with Gasteiger partial charge in [-0.1, -0.05) is 12.1 Å². The molecule has 5 nitrogen and oxygen atoms in total. The minimum atomic E-state index is 0.156. The molecule has 0 aliphatic heterocycles. The van der Waals surface area contributed by atoms with Crippen LogP contribution >= 0.6 is 0 Å². The lowest BCUT2D eigenvalue weighted by molar-refractivity contribution is 0.0493. The van der Waals surface area contributed by atoms with Crippen molar-refractivity contribution in [2.75, 3.05) is 13.6 Å². The molecule has 0 spiro atoms. The van der Waals surface area contributed by atoms with Crippen molar-refractivity contribution in [3.8, 4) is 0 Å². The van der Waals surface area contributed by atoms with Crippen LogP contribution < -0.4 is 5.32 Å². The van der Waals surface area contributed by atoms with E-state index in [9.17, 15) is 0 Å². The number of nitrogens with one attached hydrogen (secondary N) is 1. The van der Waals surface area contributed by atoms with Crippen LogP contribution in [0, 0.1) is 0 Å². The third-order valence-electron chi connectivity index (χ3n) is 1.80. The van der Waals surface area contributed by atoms with Crippen LogP contribution in [0.3, 0.4) is 0 Å². The topological polar surface area (TPSA) is 60.2 Å². The van der Waals surface area contributed by atoms with E-state index in [1.54, 1.807) is 0 Å². The van der Waals surface area contributed by atoms with Gasteiger partial charge in [0.25, 0.3) is 0 Å². The average Bonchev–Trinajstić information content (AvgIpc) is 2.63. The van der Waals surface area contributed by atoms with Crippen LogP contribution in [0.2, 0.25) is 0 Å². The third-order valence-corrected chi connectivity index (χ3v) is 1.80. The van der Waals surface area contributed by atoms with Crippen molar-refractivity contribution in [3.05, 3.63) is 11.7 Å². The zero-order valence-corrected chi connectivity index (χ0v) is 8.91. The first-order valence-corrected chi connectivity index (χ1v) is 4.84. The second-order valence-corrected chi connectivity index (χ2v) is 3.14. The maximum atomic E-state index is 5.48. The summed E-state index contributed by atoms with van der Waals surface area (Å²) in [6, 6.07) is 0. The fraction of sp³-hybridized carbons (Fsp3) is 0.778. The predicted molar refractivity (Wildman–Crippen MR) is 51.9 cm³/mol. The Bertz CT molecular complexity index is 262. The van der Waals surface area contributed by atoms with E-state index < -0.39 is 0 Å². The summed E-state index contributed by atoms with van der Waals surface area (Å²) in [6.07, 6.45) is 0.919. The van der Waals surface area contributed by atoms with Crippen molar-refractivity contribution in [2.45, 2.75) is 33.0 Å². The zero-order chi connectivity index (χ0) is 10.4. The van der Waals surface area contributed by atoms with Gasteiger partial charge in [0.05, 0.1) is 6.10 Å². The number of hydrogen-bond acceptors (Lipinski definition) is 5. The van der Waals surface area contributed by atoms with Gasteiger partial charge < -0.3 is 14.6 Å². The van der Waals surface area contributed by atoms with E-state index in [-0.39, 0.29) is 6.10 Å². The fourth-order valence-corrected chi connectivity index (χ4v) is 1.06. The Balaban J connectivity index is 2.30. The molecule has 0 amide bonds. The van der Waals surface area contributed by atoms with Crippen LogP contribution in [0.25, 0.3) is 0 Å². The number of aromatic nitrogens is 2. The molecule has 0 aliphatic carbocycles. The quantitative estimate of drug-likeness (QED) is 0.732. The molecule has 0 aliphatic rings.